The van der Waals surface area contributed by atoms with Crippen LogP contribution < -0.4 is 5.32 Å². The molecule has 0 bridgehead atoms. The van der Waals surface area contributed by atoms with Gasteiger partial charge in [0.25, 0.3) is 0 Å². The number of nitrogens with zero attached hydrogens (tertiary/aromatic N) is 1. The van der Waals surface area contributed by atoms with Crippen molar-refractivity contribution in [3.63, 3.8) is 0 Å². The molecule has 4 heteroatoms. The first-order chi connectivity index (χ1) is 7.67. The molecule has 0 aromatic rings. The van der Waals surface area contributed by atoms with Gasteiger partial charge in [0, 0.05) is 13.6 Å². The summed E-state index contributed by atoms with van der Waals surface area (Å²) in [5.41, 5.74) is -0.425. The van der Waals surface area contributed by atoms with E-state index in [1.54, 1.807) is 11.9 Å². The molecule has 0 saturated carbocycles. The summed E-state index contributed by atoms with van der Waals surface area (Å²) in [6.07, 6.45) is -0.249. The van der Waals surface area contributed by atoms with Crippen molar-refractivity contribution >= 4 is 6.09 Å². The van der Waals surface area contributed by atoms with Crippen LogP contribution in [0.3, 0.4) is 0 Å². The molecule has 0 saturated heterocycles. The summed E-state index contributed by atoms with van der Waals surface area (Å²) in [6.45, 7) is 11.7. The summed E-state index contributed by atoms with van der Waals surface area (Å²) >= 11 is 0. The predicted octanol–water partition coefficient (Wildman–Crippen LogP) is 2.34. The molecule has 17 heavy (non-hydrogen) atoms. The van der Waals surface area contributed by atoms with Gasteiger partial charge in [-0.05, 0) is 46.2 Å². The zero-order valence-electron chi connectivity index (χ0n) is 12.3. The fourth-order valence-corrected chi connectivity index (χ4v) is 1.55. The van der Waals surface area contributed by atoms with E-state index >= 15 is 0 Å². The molecule has 0 aliphatic rings. The van der Waals surface area contributed by atoms with Crippen molar-refractivity contribution in [2.45, 2.75) is 40.2 Å². The van der Waals surface area contributed by atoms with Crippen molar-refractivity contribution < 1.29 is 9.53 Å². The monoisotopic (exact) mass is 244 g/mol. The molecule has 0 heterocycles. The van der Waals surface area contributed by atoms with E-state index in [1.807, 2.05) is 27.8 Å². The van der Waals surface area contributed by atoms with Gasteiger partial charge >= 0.3 is 6.09 Å². The normalized spacial score (nSPS) is 15.2. The van der Waals surface area contributed by atoms with E-state index in [2.05, 4.69) is 19.2 Å². The Hall–Kier alpha value is -0.770. The van der Waals surface area contributed by atoms with Gasteiger partial charge in [-0.1, -0.05) is 13.8 Å². The lowest BCUT2D eigenvalue weighted by molar-refractivity contribution is 0.0264. The van der Waals surface area contributed by atoms with Crippen LogP contribution in [0.15, 0.2) is 0 Å². The molecule has 0 aliphatic carbocycles. The molecular formula is C13H28N2O2. The van der Waals surface area contributed by atoms with Crippen LogP contribution in [0.4, 0.5) is 4.79 Å². The quantitative estimate of drug-likeness (QED) is 0.807. The first-order valence-electron chi connectivity index (χ1n) is 6.26. The van der Waals surface area contributed by atoms with Crippen LogP contribution in [0.25, 0.3) is 0 Å². The lowest BCUT2D eigenvalue weighted by Crippen LogP contribution is -2.38. The lowest BCUT2D eigenvalue weighted by Gasteiger charge is -2.28. The van der Waals surface area contributed by atoms with Crippen LogP contribution in [0.5, 0.6) is 0 Å². The predicted molar refractivity (Wildman–Crippen MR) is 71.1 cm³/mol. The average Bonchev–Trinajstić information content (AvgIpc) is 2.15. The van der Waals surface area contributed by atoms with Gasteiger partial charge in [0.2, 0.25) is 0 Å². The van der Waals surface area contributed by atoms with Gasteiger partial charge in [-0.3, -0.25) is 0 Å². The third-order valence-corrected chi connectivity index (χ3v) is 2.76. The molecule has 2 atom stereocenters. The van der Waals surface area contributed by atoms with Crippen molar-refractivity contribution in [3.05, 3.63) is 0 Å². The molecule has 0 aromatic carbocycles. The summed E-state index contributed by atoms with van der Waals surface area (Å²) in [7, 11) is 3.73. The van der Waals surface area contributed by atoms with Gasteiger partial charge in [0.15, 0.2) is 0 Å². The summed E-state index contributed by atoms with van der Waals surface area (Å²) in [4.78, 5) is 13.4. The van der Waals surface area contributed by atoms with Crippen LogP contribution >= 0.6 is 0 Å². The number of amides is 1. The number of hydrogen-bond acceptors (Lipinski definition) is 3. The van der Waals surface area contributed by atoms with E-state index < -0.39 is 5.60 Å². The maximum atomic E-state index is 11.8. The van der Waals surface area contributed by atoms with Crippen LogP contribution in [-0.2, 0) is 4.74 Å². The molecule has 102 valence electrons. The topological polar surface area (TPSA) is 41.6 Å². The summed E-state index contributed by atoms with van der Waals surface area (Å²) in [6, 6.07) is 0. The highest BCUT2D eigenvalue weighted by molar-refractivity contribution is 5.67. The number of ether oxygens (including phenoxy) is 1. The Balaban J connectivity index is 4.16. The Kier molecular flexibility index (Phi) is 6.53. The van der Waals surface area contributed by atoms with E-state index in [1.165, 1.54) is 0 Å². The van der Waals surface area contributed by atoms with E-state index in [9.17, 15) is 4.79 Å². The van der Waals surface area contributed by atoms with Crippen molar-refractivity contribution in [3.8, 4) is 0 Å². The number of rotatable bonds is 5. The van der Waals surface area contributed by atoms with E-state index in [-0.39, 0.29) is 6.09 Å². The van der Waals surface area contributed by atoms with Crippen molar-refractivity contribution in [2.24, 2.45) is 11.8 Å². The number of carbonyl (C=O) groups excluding carboxylic acids is 1. The Bertz CT molecular complexity index is 236. The molecule has 0 aromatic heterocycles. The van der Waals surface area contributed by atoms with Gasteiger partial charge in [-0.15, -0.1) is 0 Å². The largest absolute Gasteiger partial charge is 0.444 e. The van der Waals surface area contributed by atoms with Gasteiger partial charge in [0.1, 0.15) is 5.60 Å². The summed E-state index contributed by atoms with van der Waals surface area (Å²) in [5, 5.41) is 3.15. The third kappa shape index (κ3) is 7.21. The molecule has 0 rings (SSSR count). The molecule has 0 fully saturated rings. The van der Waals surface area contributed by atoms with Crippen molar-refractivity contribution in [1.29, 1.82) is 0 Å². The maximum absolute atomic E-state index is 11.8. The summed E-state index contributed by atoms with van der Waals surface area (Å²) < 4.78 is 5.31. The van der Waals surface area contributed by atoms with E-state index in [0.717, 1.165) is 13.1 Å². The van der Waals surface area contributed by atoms with Gasteiger partial charge < -0.3 is 15.0 Å². The Morgan fingerprint density at radius 1 is 1.29 bits per heavy atom. The minimum Gasteiger partial charge on any atom is -0.444 e. The highest BCUT2D eigenvalue weighted by atomic mass is 16.6. The molecule has 1 amide bonds. The van der Waals surface area contributed by atoms with Crippen LogP contribution in [0, 0.1) is 11.8 Å². The zero-order valence-corrected chi connectivity index (χ0v) is 12.3. The van der Waals surface area contributed by atoms with Crippen LogP contribution in [0.2, 0.25) is 0 Å². The van der Waals surface area contributed by atoms with E-state index in [4.69, 9.17) is 4.74 Å². The minimum atomic E-state index is -0.425. The van der Waals surface area contributed by atoms with Crippen molar-refractivity contribution in [1.82, 2.24) is 10.2 Å². The Labute approximate surface area is 106 Å². The van der Waals surface area contributed by atoms with Crippen LogP contribution in [-0.4, -0.2) is 43.8 Å². The molecule has 4 nitrogen and oxygen atoms in total. The summed E-state index contributed by atoms with van der Waals surface area (Å²) in [5.74, 6) is 0.977. The van der Waals surface area contributed by atoms with Gasteiger partial charge in [0.05, 0.1) is 0 Å². The Morgan fingerprint density at radius 3 is 2.24 bits per heavy atom. The molecule has 0 spiro atoms. The highest BCUT2D eigenvalue weighted by Gasteiger charge is 2.22. The maximum Gasteiger partial charge on any atom is 0.410 e. The van der Waals surface area contributed by atoms with E-state index in [0.29, 0.717) is 11.8 Å². The second-order valence-corrected chi connectivity index (χ2v) is 5.87. The highest BCUT2D eigenvalue weighted by Crippen LogP contribution is 2.14. The molecule has 0 radical (unpaired) electrons. The van der Waals surface area contributed by atoms with Crippen LogP contribution in [0.1, 0.15) is 34.6 Å². The molecule has 0 aliphatic heterocycles. The fourth-order valence-electron chi connectivity index (χ4n) is 1.55. The first kappa shape index (κ1) is 16.2. The number of hydrogen-bond donors (Lipinski definition) is 1. The zero-order chi connectivity index (χ0) is 13.6. The van der Waals surface area contributed by atoms with Gasteiger partial charge in [-0.2, -0.15) is 0 Å². The Morgan fingerprint density at radius 2 is 1.82 bits per heavy atom. The molecule has 2 unspecified atom stereocenters. The molecule has 1 N–H and O–H groups in total. The fraction of sp³-hybridized carbons (Fsp3) is 0.923. The average molecular weight is 244 g/mol. The molecular weight excluding hydrogens is 216 g/mol. The van der Waals surface area contributed by atoms with Crippen molar-refractivity contribution in [2.75, 3.05) is 27.2 Å². The van der Waals surface area contributed by atoms with Gasteiger partial charge in [-0.25, -0.2) is 4.79 Å². The standard InChI is InChI=1S/C13H28N2O2/c1-10(8-14-6)11(2)9-15(7)12(16)17-13(3,4)5/h10-11,14H,8-9H2,1-7H3. The lowest BCUT2D eigenvalue weighted by atomic mass is 9.95. The number of nitrogens with one attached hydrogen (secondary N) is 1. The second-order valence-electron chi connectivity index (χ2n) is 5.87. The third-order valence-electron chi connectivity index (χ3n) is 2.76. The SMILES string of the molecule is CNCC(C)C(C)CN(C)C(=O)OC(C)(C)C. The first-order valence-corrected chi connectivity index (χ1v) is 6.26. The number of carbonyl (C=O) groups is 1. The smallest absolute Gasteiger partial charge is 0.410 e. The second kappa shape index (κ2) is 6.84. The minimum absolute atomic E-state index is 0.249.